The predicted molar refractivity (Wildman–Crippen MR) is 71.7 cm³/mol. The van der Waals surface area contributed by atoms with Crippen LogP contribution in [0.1, 0.15) is 40.5 Å². The number of likely N-dealkylation sites (tertiary alicyclic amines) is 1. The first-order chi connectivity index (χ1) is 8.02. The first-order valence-corrected chi connectivity index (χ1v) is 6.91. The molecule has 3 nitrogen and oxygen atoms in total. The van der Waals surface area contributed by atoms with Gasteiger partial charge in [0.25, 0.3) is 0 Å². The van der Waals surface area contributed by atoms with E-state index in [2.05, 4.69) is 44.0 Å². The van der Waals surface area contributed by atoms with Crippen molar-refractivity contribution >= 4 is 0 Å². The molecule has 3 heteroatoms. The molecule has 0 saturated carbocycles. The molecule has 1 aliphatic heterocycles. The van der Waals surface area contributed by atoms with Gasteiger partial charge in [-0.3, -0.25) is 5.32 Å². The highest BCUT2D eigenvalue weighted by atomic mass is 15.1. The summed E-state index contributed by atoms with van der Waals surface area (Å²) in [4.78, 5) is 2.51. The third-order valence-corrected chi connectivity index (χ3v) is 3.68. The second-order valence-corrected chi connectivity index (χ2v) is 5.89. The van der Waals surface area contributed by atoms with Crippen molar-refractivity contribution in [2.24, 2.45) is 11.8 Å². The SMILES string of the molecule is CC(C)NC(C#N)CCN1CCC(C(C)C)C1. The van der Waals surface area contributed by atoms with Crippen LogP contribution in [0.4, 0.5) is 0 Å². The molecule has 0 spiro atoms. The van der Waals surface area contributed by atoms with Crippen LogP contribution >= 0.6 is 0 Å². The van der Waals surface area contributed by atoms with Crippen LogP contribution in [0, 0.1) is 23.2 Å². The molecule has 0 aromatic heterocycles. The Morgan fingerprint density at radius 2 is 2.06 bits per heavy atom. The standard InChI is InChI=1S/C14H27N3/c1-11(2)13-5-7-17(10-13)8-6-14(9-15)16-12(3)4/h11-14,16H,5-8,10H2,1-4H3. The van der Waals surface area contributed by atoms with E-state index in [1.54, 1.807) is 0 Å². The molecule has 0 aromatic carbocycles. The fraction of sp³-hybridized carbons (Fsp3) is 0.929. The van der Waals surface area contributed by atoms with Crippen molar-refractivity contribution in [3.63, 3.8) is 0 Å². The first-order valence-electron chi connectivity index (χ1n) is 6.91. The Balaban J connectivity index is 2.25. The Labute approximate surface area is 106 Å². The van der Waals surface area contributed by atoms with Crippen molar-refractivity contribution in [3.05, 3.63) is 0 Å². The lowest BCUT2D eigenvalue weighted by molar-refractivity contribution is 0.290. The molecular formula is C14H27N3. The van der Waals surface area contributed by atoms with Gasteiger partial charge in [0.05, 0.1) is 12.1 Å². The number of rotatable bonds is 6. The molecule has 1 fully saturated rings. The normalized spacial score (nSPS) is 23.2. The van der Waals surface area contributed by atoms with Crippen LogP contribution in [0.3, 0.4) is 0 Å². The molecule has 1 N–H and O–H groups in total. The molecule has 0 aromatic rings. The number of nitriles is 1. The summed E-state index contributed by atoms with van der Waals surface area (Å²) >= 11 is 0. The summed E-state index contributed by atoms with van der Waals surface area (Å²) in [5.41, 5.74) is 0. The van der Waals surface area contributed by atoms with Crippen LogP contribution in [0.2, 0.25) is 0 Å². The Kier molecular flexibility index (Phi) is 5.94. The summed E-state index contributed by atoms with van der Waals surface area (Å²) in [5, 5.41) is 12.4. The summed E-state index contributed by atoms with van der Waals surface area (Å²) in [6.45, 7) is 12.3. The van der Waals surface area contributed by atoms with E-state index in [1.165, 1.54) is 19.5 Å². The topological polar surface area (TPSA) is 39.1 Å². The second kappa shape index (κ2) is 6.98. The van der Waals surface area contributed by atoms with Crippen molar-refractivity contribution in [1.29, 1.82) is 5.26 Å². The van der Waals surface area contributed by atoms with Gasteiger partial charge < -0.3 is 4.90 Å². The quantitative estimate of drug-likeness (QED) is 0.770. The average Bonchev–Trinajstić information content (AvgIpc) is 2.72. The second-order valence-electron chi connectivity index (χ2n) is 5.89. The van der Waals surface area contributed by atoms with E-state index in [9.17, 15) is 0 Å². The van der Waals surface area contributed by atoms with E-state index in [0.29, 0.717) is 6.04 Å². The Morgan fingerprint density at radius 3 is 2.53 bits per heavy atom. The molecule has 0 bridgehead atoms. The van der Waals surface area contributed by atoms with Gasteiger partial charge in [0.15, 0.2) is 0 Å². The summed E-state index contributed by atoms with van der Waals surface area (Å²) in [5.74, 6) is 1.65. The highest BCUT2D eigenvalue weighted by molar-refractivity contribution is 4.91. The van der Waals surface area contributed by atoms with E-state index in [-0.39, 0.29) is 6.04 Å². The number of hydrogen-bond donors (Lipinski definition) is 1. The summed E-state index contributed by atoms with van der Waals surface area (Å²) in [6.07, 6.45) is 2.27. The highest BCUT2D eigenvalue weighted by Gasteiger charge is 2.24. The number of nitrogens with one attached hydrogen (secondary N) is 1. The van der Waals surface area contributed by atoms with E-state index in [1.807, 2.05) is 0 Å². The smallest absolute Gasteiger partial charge is 0.0967 e. The molecule has 17 heavy (non-hydrogen) atoms. The molecule has 98 valence electrons. The molecule has 0 aliphatic carbocycles. The minimum atomic E-state index is 0.00750. The van der Waals surface area contributed by atoms with Crippen LogP contribution in [-0.2, 0) is 0 Å². The van der Waals surface area contributed by atoms with Gasteiger partial charge in [0.2, 0.25) is 0 Å². The van der Waals surface area contributed by atoms with Crippen LogP contribution < -0.4 is 5.32 Å². The third-order valence-electron chi connectivity index (χ3n) is 3.68. The van der Waals surface area contributed by atoms with Crippen molar-refractivity contribution < 1.29 is 0 Å². The maximum Gasteiger partial charge on any atom is 0.0967 e. The third kappa shape index (κ3) is 5.06. The van der Waals surface area contributed by atoms with Gasteiger partial charge in [-0.2, -0.15) is 5.26 Å². The Hall–Kier alpha value is -0.590. The molecule has 1 rings (SSSR count). The van der Waals surface area contributed by atoms with Crippen molar-refractivity contribution in [3.8, 4) is 6.07 Å². The maximum atomic E-state index is 9.06. The number of nitrogens with zero attached hydrogens (tertiary/aromatic N) is 2. The average molecular weight is 237 g/mol. The molecule has 0 radical (unpaired) electrons. The molecular weight excluding hydrogens is 210 g/mol. The summed E-state index contributed by atoms with van der Waals surface area (Å²) in [7, 11) is 0. The molecule has 1 saturated heterocycles. The summed E-state index contributed by atoms with van der Waals surface area (Å²) in [6, 6.07) is 2.75. The molecule has 2 unspecified atom stereocenters. The van der Waals surface area contributed by atoms with Crippen molar-refractivity contribution in [2.45, 2.75) is 52.6 Å². The molecule has 0 amide bonds. The molecule has 2 atom stereocenters. The minimum Gasteiger partial charge on any atom is -0.303 e. The zero-order valence-electron chi connectivity index (χ0n) is 11.7. The number of hydrogen-bond acceptors (Lipinski definition) is 3. The van der Waals surface area contributed by atoms with Crippen LogP contribution in [0.15, 0.2) is 0 Å². The van der Waals surface area contributed by atoms with Gasteiger partial charge in [-0.1, -0.05) is 13.8 Å². The van der Waals surface area contributed by atoms with Gasteiger partial charge in [0.1, 0.15) is 0 Å². The van der Waals surface area contributed by atoms with Crippen molar-refractivity contribution in [1.82, 2.24) is 10.2 Å². The van der Waals surface area contributed by atoms with E-state index in [4.69, 9.17) is 5.26 Å². The lowest BCUT2D eigenvalue weighted by Crippen LogP contribution is -2.36. The van der Waals surface area contributed by atoms with E-state index < -0.39 is 0 Å². The zero-order chi connectivity index (χ0) is 12.8. The maximum absolute atomic E-state index is 9.06. The first kappa shape index (κ1) is 14.5. The van der Waals surface area contributed by atoms with Crippen molar-refractivity contribution in [2.75, 3.05) is 19.6 Å². The van der Waals surface area contributed by atoms with Gasteiger partial charge in [-0.25, -0.2) is 0 Å². The van der Waals surface area contributed by atoms with Gasteiger partial charge in [-0.05, 0) is 45.1 Å². The fourth-order valence-electron chi connectivity index (χ4n) is 2.51. The van der Waals surface area contributed by atoms with Gasteiger partial charge >= 0.3 is 0 Å². The Bertz CT molecular complexity index is 255. The lowest BCUT2D eigenvalue weighted by atomic mass is 9.95. The zero-order valence-corrected chi connectivity index (χ0v) is 11.7. The summed E-state index contributed by atoms with van der Waals surface area (Å²) < 4.78 is 0. The van der Waals surface area contributed by atoms with Gasteiger partial charge in [-0.15, -0.1) is 0 Å². The Morgan fingerprint density at radius 1 is 1.35 bits per heavy atom. The monoisotopic (exact) mass is 237 g/mol. The molecule has 1 heterocycles. The van der Waals surface area contributed by atoms with E-state index >= 15 is 0 Å². The van der Waals surface area contributed by atoms with E-state index in [0.717, 1.165) is 24.8 Å². The van der Waals surface area contributed by atoms with Gasteiger partial charge in [0, 0.05) is 19.1 Å². The van der Waals surface area contributed by atoms with Crippen LogP contribution in [0.5, 0.6) is 0 Å². The van der Waals surface area contributed by atoms with Crippen LogP contribution in [0.25, 0.3) is 0 Å². The lowest BCUT2D eigenvalue weighted by Gasteiger charge is -2.20. The highest BCUT2D eigenvalue weighted by Crippen LogP contribution is 2.23. The predicted octanol–water partition coefficient (Wildman–Crippen LogP) is 2.24. The van der Waals surface area contributed by atoms with Crippen LogP contribution in [-0.4, -0.2) is 36.6 Å². The largest absolute Gasteiger partial charge is 0.303 e. The molecule has 1 aliphatic rings. The fourth-order valence-corrected chi connectivity index (χ4v) is 2.51. The minimum absolute atomic E-state index is 0.00750.